The normalized spacial score (nSPS) is 20.6. The molecule has 4 heterocycles. The number of hydrogen-bond acceptors (Lipinski definition) is 16. The number of nitrogens with one attached hydrogen (secondary N) is 2. The Morgan fingerprint density at radius 1 is 0.722 bits per heavy atom. The maximum atomic E-state index is 16.2. The van der Waals surface area contributed by atoms with Gasteiger partial charge in [-0.05, 0) is 88.1 Å². The molecule has 6 aromatic rings. The minimum absolute atomic E-state index is 0.0388. The van der Waals surface area contributed by atoms with Gasteiger partial charge in [0.15, 0.2) is 0 Å². The summed E-state index contributed by atoms with van der Waals surface area (Å²) < 4.78 is 79.5. The van der Waals surface area contributed by atoms with Gasteiger partial charge in [0.2, 0.25) is 0 Å². The third-order valence-electron chi connectivity index (χ3n) is 13.8. The highest BCUT2D eigenvalue weighted by atomic mass is 31.2. The molecule has 20 nitrogen and oxygen atoms in total. The molecule has 2 aliphatic heterocycles. The highest BCUT2D eigenvalue weighted by Gasteiger charge is 2.50. The molecule has 420 valence electrons. The summed E-state index contributed by atoms with van der Waals surface area (Å²) in [5, 5.41) is 9.50. The first-order valence-corrected chi connectivity index (χ1v) is 29.0. The molecule has 22 heteroatoms. The molecule has 0 radical (unpaired) electrons. The van der Waals surface area contributed by atoms with E-state index in [2.05, 4.69) is 16.0 Å². The highest BCUT2D eigenvalue weighted by molar-refractivity contribution is 7.53. The first-order chi connectivity index (χ1) is 37.9. The quantitative estimate of drug-likeness (QED) is 0.0309. The van der Waals surface area contributed by atoms with Gasteiger partial charge >= 0.3 is 19.0 Å². The lowest BCUT2D eigenvalue weighted by Crippen LogP contribution is -2.39. The van der Waals surface area contributed by atoms with Gasteiger partial charge in [-0.15, -0.1) is 0 Å². The van der Waals surface area contributed by atoms with Gasteiger partial charge in [0.05, 0.1) is 71.0 Å². The van der Waals surface area contributed by atoms with Gasteiger partial charge in [-0.3, -0.25) is 33.3 Å². The van der Waals surface area contributed by atoms with E-state index in [1.54, 1.807) is 28.1 Å². The van der Waals surface area contributed by atoms with Crippen molar-refractivity contribution >= 4 is 16.1 Å². The van der Waals surface area contributed by atoms with Gasteiger partial charge < -0.3 is 41.8 Å². The van der Waals surface area contributed by atoms with Crippen LogP contribution >= 0.6 is 16.1 Å². The average molecular weight is 1120 g/mol. The molecule has 4 aromatic carbocycles. The van der Waals surface area contributed by atoms with Crippen molar-refractivity contribution in [3.63, 3.8) is 0 Å². The first-order valence-electron chi connectivity index (χ1n) is 26.1. The van der Waals surface area contributed by atoms with E-state index in [-0.39, 0.29) is 62.3 Å². The number of rotatable bonds is 25. The first kappa shape index (κ1) is 58.8. The van der Waals surface area contributed by atoms with Gasteiger partial charge in [0.25, 0.3) is 19.6 Å². The minimum atomic E-state index is -4.49. The Kier molecular flexibility index (Phi) is 19.6. The molecule has 2 aromatic heterocycles. The lowest BCUT2D eigenvalue weighted by atomic mass is 9.80. The zero-order valence-corrected chi connectivity index (χ0v) is 47.3. The molecule has 79 heavy (non-hydrogen) atoms. The Balaban J connectivity index is 1.22. The summed E-state index contributed by atoms with van der Waals surface area (Å²) in [4.78, 5) is 57.2. The Labute approximate surface area is 459 Å². The minimum Gasteiger partial charge on any atom is -0.497 e. The van der Waals surface area contributed by atoms with E-state index in [4.69, 9.17) is 41.8 Å². The number of aromatic amines is 2. The smallest absolute Gasteiger partial charge is 0.334 e. The summed E-state index contributed by atoms with van der Waals surface area (Å²) in [6.45, 7) is 10.8. The summed E-state index contributed by atoms with van der Waals surface area (Å²) >= 11 is 0. The SMILES string of the molecule is COc1ccc(C(OC[C@H]2O[C@@H](n3cc(C)c(=O)[nH]c3=O)C[C@@H]2OP(=O)(C[C@H]2O[C@@H](n3cc(C)c(=O)[nH]c3=O)C[C@@H]2OP(OCCC#N)N(C(C)C)C(C)C)OCc2ccccc2)(c2ccccc2)c2ccc(OC)cc2)cc1. The van der Waals surface area contributed by atoms with Gasteiger partial charge in [-0.2, -0.15) is 5.26 Å². The van der Waals surface area contributed by atoms with Crippen molar-refractivity contribution in [3.8, 4) is 17.6 Å². The zero-order chi connectivity index (χ0) is 56.4. The fourth-order valence-electron chi connectivity index (χ4n) is 9.87. The molecule has 8 rings (SSSR count). The molecular weight excluding hydrogens is 1050 g/mol. The Bertz CT molecular complexity index is 3260. The van der Waals surface area contributed by atoms with E-state index < -0.39 is 87.3 Å². The molecule has 0 saturated carbocycles. The largest absolute Gasteiger partial charge is 0.497 e. The molecule has 2 N–H and O–H groups in total. The van der Waals surface area contributed by atoms with E-state index in [0.717, 1.165) is 16.7 Å². The third-order valence-corrected chi connectivity index (χ3v) is 17.8. The van der Waals surface area contributed by atoms with Crippen LogP contribution in [0.2, 0.25) is 0 Å². The maximum absolute atomic E-state index is 16.2. The third kappa shape index (κ3) is 13.8. The second-order valence-corrected chi connectivity index (χ2v) is 23.4. The number of nitrogens with zero attached hydrogens (tertiary/aromatic N) is 4. The van der Waals surface area contributed by atoms with Gasteiger partial charge in [-0.25, -0.2) is 14.3 Å². The number of H-pyrrole nitrogens is 2. The van der Waals surface area contributed by atoms with Crippen LogP contribution in [0.5, 0.6) is 11.5 Å². The molecule has 2 aliphatic rings. The van der Waals surface area contributed by atoms with Crippen LogP contribution in [0.4, 0.5) is 0 Å². The van der Waals surface area contributed by atoms with Crippen LogP contribution in [0.15, 0.2) is 141 Å². The Morgan fingerprint density at radius 3 is 1.72 bits per heavy atom. The van der Waals surface area contributed by atoms with Crippen LogP contribution in [0, 0.1) is 25.2 Å². The van der Waals surface area contributed by atoms with E-state index in [9.17, 15) is 24.4 Å². The molecule has 2 fully saturated rings. The summed E-state index contributed by atoms with van der Waals surface area (Å²) in [7, 11) is -3.23. The van der Waals surface area contributed by atoms with Crippen LogP contribution in [0.25, 0.3) is 0 Å². The molecular formula is C57H68N6O14P2. The van der Waals surface area contributed by atoms with Gasteiger partial charge in [0, 0.05) is 48.4 Å². The molecule has 0 aliphatic carbocycles. The van der Waals surface area contributed by atoms with Crippen LogP contribution in [0.3, 0.4) is 0 Å². The van der Waals surface area contributed by atoms with Gasteiger partial charge in [-0.1, -0.05) is 84.9 Å². The van der Waals surface area contributed by atoms with Crippen molar-refractivity contribution in [2.45, 2.75) is 122 Å². The van der Waals surface area contributed by atoms with Crippen molar-refractivity contribution in [3.05, 3.63) is 197 Å². The molecule has 8 atom stereocenters. The van der Waals surface area contributed by atoms with E-state index in [0.29, 0.717) is 17.1 Å². The lowest BCUT2D eigenvalue weighted by molar-refractivity contribution is -0.0930. The molecule has 0 bridgehead atoms. The zero-order valence-electron chi connectivity index (χ0n) is 45.5. The summed E-state index contributed by atoms with van der Waals surface area (Å²) in [5.41, 5.74) is -0.526. The second-order valence-electron chi connectivity index (χ2n) is 19.9. The summed E-state index contributed by atoms with van der Waals surface area (Å²) in [6.07, 6.45) is -3.89. The van der Waals surface area contributed by atoms with Crippen LogP contribution in [-0.2, 0) is 49.1 Å². The second kappa shape index (κ2) is 26.3. The van der Waals surface area contributed by atoms with Crippen molar-refractivity contribution in [1.82, 2.24) is 23.8 Å². The number of benzene rings is 4. The van der Waals surface area contributed by atoms with E-state index in [1.807, 2.05) is 142 Å². The Morgan fingerprint density at radius 2 is 1.22 bits per heavy atom. The molecule has 0 amide bonds. The number of aryl methyl sites for hydroxylation is 2. The summed E-state index contributed by atoms with van der Waals surface area (Å²) in [5.74, 6) is 1.24. The van der Waals surface area contributed by atoms with E-state index in [1.165, 1.54) is 21.5 Å². The van der Waals surface area contributed by atoms with Crippen LogP contribution < -0.4 is 32.0 Å². The van der Waals surface area contributed by atoms with Gasteiger partial charge in [0.1, 0.15) is 35.7 Å². The molecule has 0 spiro atoms. The molecule has 2 unspecified atom stereocenters. The average Bonchev–Trinajstić information content (AvgIpc) is 4.25. The topological polar surface area (TPSA) is 237 Å². The maximum Gasteiger partial charge on any atom is 0.334 e. The van der Waals surface area contributed by atoms with Crippen molar-refractivity contribution in [2.75, 3.05) is 33.6 Å². The number of methoxy groups -OCH3 is 2. The monoisotopic (exact) mass is 1120 g/mol. The van der Waals surface area contributed by atoms with Crippen LogP contribution in [-0.4, -0.2) is 93.9 Å². The number of aromatic nitrogens is 4. The predicted molar refractivity (Wildman–Crippen MR) is 296 cm³/mol. The fraction of sp³-hybridized carbons (Fsp3) is 0.421. The van der Waals surface area contributed by atoms with Crippen LogP contribution in [0.1, 0.15) is 92.8 Å². The molecule has 2 saturated heterocycles. The van der Waals surface area contributed by atoms with Crippen molar-refractivity contribution in [2.24, 2.45) is 0 Å². The number of hydrogen-bond donors (Lipinski definition) is 2. The number of ether oxygens (including phenoxy) is 5. The summed E-state index contributed by atoms with van der Waals surface area (Å²) in [6, 6.07) is 35.7. The lowest BCUT2D eigenvalue weighted by Gasteiger charge is -2.38. The van der Waals surface area contributed by atoms with Crippen molar-refractivity contribution in [1.29, 1.82) is 5.26 Å². The fourth-order valence-corrected chi connectivity index (χ4v) is 13.6. The van der Waals surface area contributed by atoms with E-state index >= 15 is 4.57 Å². The Hall–Kier alpha value is -6.33. The van der Waals surface area contributed by atoms with Crippen molar-refractivity contribution < 1.29 is 46.3 Å². The predicted octanol–water partition coefficient (Wildman–Crippen LogP) is 8.76. The number of nitriles is 1. The highest BCUT2D eigenvalue weighted by Crippen LogP contribution is 2.57. The standard InChI is InChI=1S/C57H68N6O14P2/c1-37(2)63(38(3)4)78(72-29-15-28-58)76-47-30-51(61-32-39(5)53(64)59-55(61)66)75-50(47)36-79(68,73-34-41-16-11-9-12-17-41)77-48-31-52(62-33-40(6)54(65)60-56(62)67)74-49(48)35-71-57(42-18-13-10-14-19-42,43-20-24-45(69-7)25-21-43)44-22-26-46(70-8)27-23-44/h9-14,16-27,32-33,37-38,47-52H,15,29-31,34-36H2,1-8H3,(H,59,64,66)(H,60,65,67)/t47-,48-,49+,50+,51+,52+,78?,79?/m0/s1.